The van der Waals surface area contributed by atoms with E-state index in [0.717, 1.165) is 5.56 Å². The normalized spacial score (nSPS) is 13.9. The number of furan rings is 1. The van der Waals surface area contributed by atoms with E-state index in [1.807, 2.05) is 18.2 Å². The highest BCUT2D eigenvalue weighted by atomic mass is 32.2. The molecular weight excluding hydrogens is 330 g/mol. The van der Waals surface area contributed by atoms with Gasteiger partial charge in [0.15, 0.2) is 5.76 Å². The largest absolute Gasteiger partial charge is 0.441 e. The smallest absolute Gasteiger partial charge is 0.297 e. The van der Waals surface area contributed by atoms with Crippen molar-refractivity contribution in [1.29, 1.82) is 0 Å². The van der Waals surface area contributed by atoms with E-state index in [1.54, 1.807) is 6.07 Å². The van der Waals surface area contributed by atoms with E-state index in [4.69, 9.17) is 4.42 Å². The third-order valence-corrected chi connectivity index (χ3v) is 5.59. The number of hydrogen-bond acceptors (Lipinski definition) is 5. The van der Waals surface area contributed by atoms with Crippen LogP contribution < -0.4 is 9.86 Å². The summed E-state index contributed by atoms with van der Waals surface area (Å²) in [6, 6.07) is 13.1. The fraction of sp³-hybridized carbons (Fsp3) is 0.125. The van der Waals surface area contributed by atoms with Gasteiger partial charge in [-0.3, -0.25) is 9.10 Å². The lowest BCUT2D eigenvalue weighted by Crippen LogP contribution is -2.28. The van der Waals surface area contributed by atoms with Gasteiger partial charge in [0.25, 0.3) is 15.6 Å². The van der Waals surface area contributed by atoms with E-state index in [1.165, 1.54) is 28.6 Å². The van der Waals surface area contributed by atoms with Crippen molar-refractivity contribution < 1.29 is 12.8 Å². The minimum atomic E-state index is -3.78. The molecule has 0 atom stereocenters. The van der Waals surface area contributed by atoms with Crippen molar-refractivity contribution in [1.82, 2.24) is 10.2 Å². The molecule has 24 heavy (non-hydrogen) atoms. The minimum absolute atomic E-state index is 0.151. The van der Waals surface area contributed by atoms with Crippen molar-refractivity contribution in [2.45, 2.75) is 11.5 Å². The summed E-state index contributed by atoms with van der Waals surface area (Å²) in [6.07, 6.45) is 0.671. The Balaban J connectivity index is 1.72. The average Bonchev–Trinajstić information content (AvgIpc) is 3.23. The Morgan fingerprint density at radius 2 is 1.92 bits per heavy atom. The summed E-state index contributed by atoms with van der Waals surface area (Å²) >= 11 is 0. The number of benzene rings is 1. The highest BCUT2D eigenvalue weighted by Gasteiger charge is 2.33. The Labute approximate surface area is 137 Å². The predicted molar refractivity (Wildman–Crippen MR) is 87.2 cm³/mol. The van der Waals surface area contributed by atoms with Crippen molar-refractivity contribution in [3.63, 3.8) is 0 Å². The third-order valence-electron chi connectivity index (χ3n) is 3.90. The van der Waals surface area contributed by atoms with Gasteiger partial charge in [0.2, 0.25) is 5.09 Å². The zero-order valence-corrected chi connectivity index (χ0v) is 13.3. The number of anilines is 1. The summed E-state index contributed by atoms with van der Waals surface area (Å²) < 4.78 is 32.5. The van der Waals surface area contributed by atoms with Crippen LogP contribution >= 0.6 is 0 Å². The average molecular weight is 343 g/mol. The van der Waals surface area contributed by atoms with Crippen molar-refractivity contribution in [2.24, 2.45) is 0 Å². The van der Waals surface area contributed by atoms with Gasteiger partial charge < -0.3 is 4.42 Å². The van der Waals surface area contributed by atoms with E-state index < -0.39 is 10.0 Å². The highest BCUT2D eigenvalue weighted by Crippen LogP contribution is 2.34. The van der Waals surface area contributed by atoms with Gasteiger partial charge in [-0.2, -0.15) is 13.5 Å². The minimum Gasteiger partial charge on any atom is -0.441 e. The van der Waals surface area contributed by atoms with Gasteiger partial charge in [-0.25, -0.2) is 5.10 Å². The molecule has 1 N–H and O–H groups in total. The second-order valence-electron chi connectivity index (χ2n) is 5.38. The van der Waals surface area contributed by atoms with Gasteiger partial charge in [0.1, 0.15) is 5.69 Å². The quantitative estimate of drug-likeness (QED) is 0.782. The van der Waals surface area contributed by atoms with Crippen LogP contribution in [-0.4, -0.2) is 25.2 Å². The van der Waals surface area contributed by atoms with E-state index in [0.29, 0.717) is 24.3 Å². The fourth-order valence-electron chi connectivity index (χ4n) is 2.74. The summed E-state index contributed by atoms with van der Waals surface area (Å²) in [5, 5.41) is 5.98. The number of sulfonamides is 1. The molecule has 0 amide bonds. The van der Waals surface area contributed by atoms with Crippen LogP contribution in [0.4, 0.5) is 5.69 Å². The number of fused-ring (bicyclic) bond motifs is 1. The van der Waals surface area contributed by atoms with Crippen LogP contribution in [0.15, 0.2) is 62.8 Å². The van der Waals surface area contributed by atoms with E-state index in [2.05, 4.69) is 10.2 Å². The molecule has 1 aliphatic rings. The predicted octanol–water partition coefficient (Wildman–Crippen LogP) is 1.78. The van der Waals surface area contributed by atoms with Crippen LogP contribution in [0.1, 0.15) is 5.56 Å². The van der Waals surface area contributed by atoms with Gasteiger partial charge in [0, 0.05) is 12.6 Å². The molecule has 0 unspecified atom stereocenters. The number of rotatable bonds is 3. The standard InChI is InChI=1S/C16H13N3O4S/c20-15-7-5-12(17-18-15)14-6-8-16(23-14)24(21,22)19-10-9-11-3-1-2-4-13(11)19/h1-8H,9-10H2,(H,18,20). The first-order chi connectivity index (χ1) is 11.6. The Hall–Kier alpha value is -2.87. The molecule has 0 bridgehead atoms. The molecule has 2 aromatic heterocycles. The lowest BCUT2D eigenvalue weighted by molar-refractivity contribution is 0.458. The first-order valence-corrected chi connectivity index (χ1v) is 8.76. The van der Waals surface area contributed by atoms with Gasteiger partial charge in [0.05, 0.1) is 5.69 Å². The molecule has 0 spiro atoms. The molecule has 3 aromatic rings. The molecule has 122 valence electrons. The lowest BCUT2D eigenvalue weighted by Gasteiger charge is -2.17. The topological polar surface area (TPSA) is 96.3 Å². The molecule has 1 aliphatic heterocycles. The molecule has 3 heterocycles. The van der Waals surface area contributed by atoms with E-state index >= 15 is 0 Å². The highest BCUT2D eigenvalue weighted by molar-refractivity contribution is 7.92. The number of nitrogens with one attached hydrogen (secondary N) is 1. The molecule has 0 saturated carbocycles. The zero-order chi connectivity index (χ0) is 16.7. The molecular formula is C16H13N3O4S. The first kappa shape index (κ1) is 14.7. The number of para-hydroxylation sites is 1. The van der Waals surface area contributed by atoms with Gasteiger partial charge in [-0.15, -0.1) is 0 Å². The van der Waals surface area contributed by atoms with Crippen molar-refractivity contribution >= 4 is 15.7 Å². The molecule has 0 fully saturated rings. The van der Waals surface area contributed by atoms with Crippen molar-refractivity contribution in [3.8, 4) is 11.5 Å². The van der Waals surface area contributed by atoms with Gasteiger partial charge in [-0.05, 0) is 36.2 Å². The fourth-order valence-corrected chi connectivity index (χ4v) is 4.17. The van der Waals surface area contributed by atoms with Crippen LogP contribution in [-0.2, 0) is 16.4 Å². The van der Waals surface area contributed by atoms with Gasteiger partial charge >= 0.3 is 0 Å². The zero-order valence-electron chi connectivity index (χ0n) is 12.5. The number of H-pyrrole nitrogens is 1. The van der Waals surface area contributed by atoms with Crippen molar-refractivity contribution in [2.75, 3.05) is 10.8 Å². The second kappa shape index (κ2) is 5.34. The summed E-state index contributed by atoms with van der Waals surface area (Å²) in [7, 11) is -3.78. The molecule has 0 saturated heterocycles. The van der Waals surface area contributed by atoms with E-state index in [-0.39, 0.29) is 16.4 Å². The SMILES string of the molecule is O=c1ccc(-c2ccc(S(=O)(=O)N3CCc4ccccc43)o2)n[nH]1. The molecule has 0 radical (unpaired) electrons. The van der Waals surface area contributed by atoms with Crippen LogP contribution in [0.2, 0.25) is 0 Å². The molecule has 1 aromatic carbocycles. The van der Waals surface area contributed by atoms with Crippen LogP contribution in [0.25, 0.3) is 11.5 Å². The number of aromatic amines is 1. The maximum Gasteiger partial charge on any atom is 0.297 e. The Morgan fingerprint density at radius 3 is 2.71 bits per heavy atom. The Bertz CT molecular complexity index is 1050. The second-order valence-corrected chi connectivity index (χ2v) is 7.17. The summed E-state index contributed by atoms with van der Waals surface area (Å²) in [5.74, 6) is 0.275. The third kappa shape index (κ3) is 2.31. The number of nitrogens with zero attached hydrogens (tertiary/aromatic N) is 2. The Morgan fingerprint density at radius 1 is 1.08 bits per heavy atom. The van der Waals surface area contributed by atoms with Gasteiger partial charge in [-0.1, -0.05) is 18.2 Å². The summed E-state index contributed by atoms with van der Waals surface area (Å²) in [6.45, 7) is 0.384. The number of hydrogen-bond donors (Lipinski definition) is 1. The van der Waals surface area contributed by atoms with Crippen LogP contribution in [0, 0.1) is 0 Å². The molecule has 4 rings (SSSR count). The molecule has 0 aliphatic carbocycles. The lowest BCUT2D eigenvalue weighted by atomic mass is 10.2. The summed E-state index contributed by atoms with van der Waals surface area (Å²) in [4.78, 5) is 11.1. The van der Waals surface area contributed by atoms with Crippen LogP contribution in [0.3, 0.4) is 0 Å². The Kier molecular flexibility index (Phi) is 3.27. The van der Waals surface area contributed by atoms with E-state index in [9.17, 15) is 13.2 Å². The monoisotopic (exact) mass is 343 g/mol. The molecule has 7 nitrogen and oxygen atoms in total. The number of aromatic nitrogens is 2. The maximum absolute atomic E-state index is 12.8. The summed E-state index contributed by atoms with van der Waals surface area (Å²) in [5.41, 5.74) is 1.69. The molecule has 8 heteroatoms. The van der Waals surface area contributed by atoms with Crippen LogP contribution in [0.5, 0.6) is 0 Å². The first-order valence-electron chi connectivity index (χ1n) is 7.32. The van der Waals surface area contributed by atoms with Crippen molar-refractivity contribution in [3.05, 3.63) is 64.4 Å². The maximum atomic E-state index is 12.8.